The number of alkyl halides is 2. The Morgan fingerprint density at radius 1 is 0.833 bits per heavy atom. The normalized spacial score (nSPS) is 23.6. The third kappa shape index (κ3) is 7.82. The second kappa shape index (κ2) is 12.4. The van der Waals surface area contributed by atoms with Gasteiger partial charge in [0.25, 0.3) is 0 Å². The summed E-state index contributed by atoms with van der Waals surface area (Å²) in [6.45, 7) is 7.12. The Hall–Kier alpha value is -2.26. The highest BCUT2D eigenvalue weighted by Crippen LogP contribution is 2.45. The molecule has 3 heterocycles. The fourth-order valence-electron chi connectivity index (χ4n) is 4.53. The van der Waals surface area contributed by atoms with Gasteiger partial charge in [-0.15, -0.1) is 0 Å². The van der Waals surface area contributed by atoms with Crippen LogP contribution in [0.15, 0.2) is 12.2 Å². The van der Waals surface area contributed by atoms with Crippen molar-refractivity contribution in [3.05, 3.63) is 12.2 Å². The molecule has 0 spiro atoms. The van der Waals surface area contributed by atoms with Crippen molar-refractivity contribution in [1.29, 1.82) is 0 Å². The number of carbonyl (C=O) groups excluding carboxylic acids is 6. The maximum atomic E-state index is 13.3. The van der Waals surface area contributed by atoms with Crippen LogP contribution in [0, 0.1) is 11.8 Å². The van der Waals surface area contributed by atoms with Crippen LogP contribution in [0.2, 0.25) is 5.31 Å². The Morgan fingerprint density at radius 3 is 1.62 bits per heavy atom. The highest BCUT2D eigenvalue weighted by Gasteiger charge is 2.60. The molecular weight excluding hydrogens is 683 g/mol. The summed E-state index contributed by atoms with van der Waals surface area (Å²) < 4.78 is 19.7. The van der Waals surface area contributed by atoms with E-state index < -0.39 is 99.0 Å². The van der Waals surface area contributed by atoms with Crippen LogP contribution in [0.1, 0.15) is 48.0 Å². The molecule has 2 saturated heterocycles. The molecule has 3 rings (SSSR count). The number of likely N-dealkylation sites (tertiary alicyclic amines) is 1. The van der Waals surface area contributed by atoms with E-state index in [0.717, 1.165) is 4.90 Å². The first-order chi connectivity index (χ1) is 19.2. The van der Waals surface area contributed by atoms with E-state index in [1.165, 1.54) is 13.8 Å². The number of hydrogen-bond acceptors (Lipinski definition) is 10. The van der Waals surface area contributed by atoms with E-state index in [1.807, 2.05) is 0 Å². The number of halogens is 2. The second-order valence-corrected chi connectivity index (χ2v) is 16.3. The number of nitrogens with zero attached hydrogens (tertiary/aromatic N) is 1. The first kappa shape index (κ1) is 34.2. The molecule has 0 aromatic heterocycles. The lowest BCUT2D eigenvalue weighted by molar-refractivity contribution is -0.161. The number of ether oxygens (including phenoxy) is 4. The number of nitrogens with one attached hydrogen (secondary N) is 1. The van der Waals surface area contributed by atoms with E-state index in [9.17, 15) is 28.8 Å². The molecule has 3 amide bonds. The van der Waals surface area contributed by atoms with Gasteiger partial charge in [0.2, 0.25) is 17.7 Å². The van der Waals surface area contributed by atoms with E-state index >= 15 is 0 Å². The van der Waals surface area contributed by atoms with Gasteiger partial charge in [0.15, 0.2) is 0 Å². The summed E-state index contributed by atoms with van der Waals surface area (Å²) in [5.74, 6) is -4.99. The standard InChI is InChI=1S/C27H35BBr2N2O10/c1-24(2,28)21(36)39-11-27(12-40-22(37)25(3,4)29,13-41-23(38)26(5,6)30)31-16(33)9-10-32-19(34)17-14-7-8-15(42-14)18(17)20(32)35/h7-8,14-15,17-18H,9-13H2,1-6H3,(H,31,33)/t14-,15?,17-,18+/m1/s1. The molecule has 1 N–H and O–H groups in total. The average molecular weight is 718 g/mol. The van der Waals surface area contributed by atoms with Crippen LogP contribution in [-0.4, -0.2) is 101 Å². The molecule has 2 bridgehead atoms. The number of imide groups is 1. The van der Waals surface area contributed by atoms with Crippen molar-refractivity contribution in [2.45, 2.75) is 79.7 Å². The van der Waals surface area contributed by atoms with Gasteiger partial charge in [-0.1, -0.05) is 57.9 Å². The quantitative estimate of drug-likeness (QED) is 0.0741. The minimum absolute atomic E-state index is 0.218. The van der Waals surface area contributed by atoms with E-state index in [1.54, 1.807) is 39.8 Å². The average Bonchev–Trinajstić information content (AvgIpc) is 3.55. The maximum absolute atomic E-state index is 13.3. The van der Waals surface area contributed by atoms with Gasteiger partial charge in [-0.05, 0) is 27.7 Å². The zero-order valence-electron chi connectivity index (χ0n) is 24.4. The molecule has 3 aliphatic rings. The molecular formula is C27H35BBr2N2O10. The Balaban J connectivity index is 1.79. The lowest BCUT2D eigenvalue weighted by atomic mass is 9.73. The van der Waals surface area contributed by atoms with Crippen molar-refractivity contribution in [3.8, 4) is 0 Å². The van der Waals surface area contributed by atoms with Crippen LogP contribution in [0.4, 0.5) is 0 Å². The number of amides is 3. The summed E-state index contributed by atoms with van der Waals surface area (Å²) in [5, 5.41) is 1.26. The third-order valence-electron chi connectivity index (χ3n) is 6.90. The first-order valence-electron chi connectivity index (χ1n) is 13.3. The summed E-state index contributed by atoms with van der Waals surface area (Å²) in [4.78, 5) is 78.0. The fraction of sp³-hybridized carbons (Fsp3) is 0.704. The predicted octanol–water partition coefficient (Wildman–Crippen LogP) is 1.51. The van der Waals surface area contributed by atoms with Crippen LogP contribution in [0.25, 0.3) is 0 Å². The Kier molecular flexibility index (Phi) is 10.1. The molecule has 0 aromatic rings. The van der Waals surface area contributed by atoms with Crippen LogP contribution < -0.4 is 5.32 Å². The van der Waals surface area contributed by atoms with Crippen LogP contribution >= 0.6 is 31.9 Å². The van der Waals surface area contributed by atoms with Gasteiger partial charge in [0.1, 0.15) is 34.0 Å². The summed E-state index contributed by atoms with van der Waals surface area (Å²) in [6.07, 6.45) is 2.26. The van der Waals surface area contributed by atoms with Gasteiger partial charge >= 0.3 is 17.9 Å². The monoisotopic (exact) mass is 716 g/mol. The SMILES string of the molecule is [B]C(C)(C)C(=O)OCC(COC(=O)C(C)(C)Br)(COC(=O)C(C)(C)Br)NC(=O)CCN1C(=O)[C@@H]2[C@H]3C=CC(O3)[C@@H]2C1=O. The fourth-order valence-corrected chi connectivity index (χ4v) is 4.76. The van der Waals surface area contributed by atoms with Gasteiger partial charge in [-0.2, -0.15) is 0 Å². The molecule has 2 radical (unpaired) electrons. The maximum Gasteiger partial charge on any atom is 0.322 e. The molecule has 42 heavy (non-hydrogen) atoms. The molecule has 0 saturated carbocycles. The summed E-state index contributed by atoms with van der Waals surface area (Å²) in [5.41, 5.74) is -1.74. The van der Waals surface area contributed by atoms with Gasteiger partial charge in [-0.25, -0.2) is 0 Å². The molecule has 15 heteroatoms. The van der Waals surface area contributed by atoms with Crippen molar-refractivity contribution in [2.75, 3.05) is 26.4 Å². The van der Waals surface area contributed by atoms with E-state index in [0.29, 0.717) is 0 Å². The first-order valence-corrected chi connectivity index (χ1v) is 14.9. The number of fused-ring (bicyclic) bond motifs is 5. The Morgan fingerprint density at radius 2 is 1.24 bits per heavy atom. The third-order valence-corrected chi connectivity index (χ3v) is 7.55. The van der Waals surface area contributed by atoms with Crippen molar-refractivity contribution in [1.82, 2.24) is 10.2 Å². The molecule has 0 aromatic carbocycles. The predicted molar refractivity (Wildman–Crippen MR) is 156 cm³/mol. The largest absolute Gasteiger partial charge is 0.463 e. The zero-order valence-corrected chi connectivity index (χ0v) is 27.5. The number of hydrogen-bond donors (Lipinski definition) is 1. The van der Waals surface area contributed by atoms with Gasteiger partial charge in [-0.3, -0.25) is 33.7 Å². The van der Waals surface area contributed by atoms with Gasteiger partial charge in [0, 0.05) is 18.3 Å². The van der Waals surface area contributed by atoms with Crippen molar-refractivity contribution in [2.24, 2.45) is 11.8 Å². The molecule has 1 unspecified atom stereocenters. The van der Waals surface area contributed by atoms with Crippen LogP contribution in [0.5, 0.6) is 0 Å². The molecule has 4 atom stereocenters. The summed E-state index contributed by atoms with van der Waals surface area (Å²) >= 11 is 6.42. The smallest absolute Gasteiger partial charge is 0.322 e. The molecule has 2 fully saturated rings. The zero-order chi connectivity index (χ0) is 31.8. The Bertz CT molecular complexity index is 1070. The minimum Gasteiger partial charge on any atom is -0.463 e. The van der Waals surface area contributed by atoms with E-state index in [-0.39, 0.29) is 13.0 Å². The number of rotatable bonds is 13. The molecule has 12 nitrogen and oxygen atoms in total. The van der Waals surface area contributed by atoms with Crippen LogP contribution in [0.3, 0.4) is 0 Å². The lowest BCUT2D eigenvalue weighted by Crippen LogP contribution is -2.60. The topological polar surface area (TPSA) is 155 Å². The lowest BCUT2D eigenvalue weighted by Gasteiger charge is -2.35. The van der Waals surface area contributed by atoms with Crippen molar-refractivity contribution in [3.63, 3.8) is 0 Å². The molecule has 3 aliphatic heterocycles. The van der Waals surface area contributed by atoms with E-state index in [2.05, 4.69) is 37.2 Å². The van der Waals surface area contributed by atoms with Crippen molar-refractivity contribution >= 4 is 75.3 Å². The number of carbonyl (C=O) groups is 6. The van der Waals surface area contributed by atoms with Crippen molar-refractivity contribution < 1.29 is 47.7 Å². The summed E-state index contributed by atoms with van der Waals surface area (Å²) in [6, 6.07) is 0. The minimum atomic E-state index is -1.74. The van der Waals surface area contributed by atoms with Gasteiger partial charge < -0.3 is 24.3 Å². The van der Waals surface area contributed by atoms with E-state index in [4.69, 9.17) is 26.8 Å². The Labute approximate surface area is 262 Å². The molecule has 0 aliphatic carbocycles. The van der Waals surface area contributed by atoms with Gasteiger partial charge in [0.05, 0.1) is 31.9 Å². The molecule has 230 valence electrons. The second-order valence-electron chi connectivity index (χ2n) is 12.3. The number of esters is 3. The highest BCUT2D eigenvalue weighted by atomic mass is 79.9. The highest BCUT2D eigenvalue weighted by molar-refractivity contribution is 9.10. The summed E-state index contributed by atoms with van der Waals surface area (Å²) in [7, 11) is 5.85. The van der Waals surface area contributed by atoms with Crippen LogP contribution in [-0.2, 0) is 47.7 Å².